The summed E-state index contributed by atoms with van der Waals surface area (Å²) in [5.41, 5.74) is 0.0872. The van der Waals surface area contributed by atoms with E-state index in [1.807, 2.05) is 17.7 Å². The van der Waals surface area contributed by atoms with E-state index in [-0.39, 0.29) is 11.3 Å². The first kappa shape index (κ1) is 15.9. The number of halogens is 2. The Hall–Kier alpha value is -2.44. The van der Waals surface area contributed by atoms with Crippen LogP contribution in [0.3, 0.4) is 0 Å². The van der Waals surface area contributed by atoms with E-state index in [2.05, 4.69) is 15.0 Å². The minimum absolute atomic E-state index is 0.0872. The summed E-state index contributed by atoms with van der Waals surface area (Å²) in [5.74, 6) is 0.344. The van der Waals surface area contributed by atoms with Crippen LogP contribution in [0.4, 0.5) is 8.78 Å². The number of carbonyl (C=O) groups is 1. The van der Waals surface area contributed by atoms with Crippen molar-refractivity contribution in [3.63, 3.8) is 0 Å². The van der Waals surface area contributed by atoms with Crippen molar-refractivity contribution in [2.24, 2.45) is 0 Å². The molecule has 0 bridgehead atoms. The number of imidazole rings is 1. The van der Waals surface area contributed by atoms with Gasteiger partial charge < -0.3 is 14.6 Å². The zero-order valence-corrected chi connectivity index (χ0v) is 12.1. The van der Waals surface area contributed by atoms with Gasteiger partial charge in [-0.15, -0.1) is 0 Å². The van der Waals surface area contributed by atoms with Crippen molar-refractivity contribution in [2.75, 3.05) is 6.54 Å². The number of alkyl halides is 2. The number of amides is 1. The lowest BCUT2D eigenvalue weighted by molar-refractivity contribution is -0.0501. The molecule has 1 N–H and O–H groups in total. The minimum Gasteiger partial charge on any atom is -0.434 e. The Morgan fingerprint density at radius 2 is 2.18 bits per heavy atom. The van der Waals surface area contributed by atoms with Crippen molar-refractivity contribution in [2.45, 2.75) is 26.5 Å². The highest BCUT2D eigenvalue weighted by Crippen LogP contribution is 2.19. The summed E-state index contributed by atoms with van der Waals surface area (Å²) in [4.78, 5) is 16.3. The number of aryl methyl sites for hydroxylation is 1. The first-order valence-corrected chi connectivity index (χ1v) is 6.94. The zero-order chi connectivity index (χ0) is 15.9. The molecule has 5 nitrogen and oxygen atoms in total. The van der Waals surface area contributed by atoms with Gasteiger partial charge in [0.1, 0.15) is 11.6 Å². The Morgan fingerprint density at radius 3 is 2.91 bits per heavy atom. The molecule has 1 aromatic heterocycles. The van der Waals surface area contributed by atoms with Crippen molar-refractivity contribution in [3.8, 4) is 5.75 Å². The lowest BCUT2D eigenvalue weighted by atomic mass is 10.2. The average molecular weight is 309 g/mol. The number of aromatic nitrogens is 2. The van der Waals surface area contributed by atoms with Gasteiger partial charge in [0.15, 0.2) is 0 Å². The number of hydrogen-bond acceptors (Lipinski definition) is 3. The molecule has 0 saturated heterocycles. The Kier molecular flexibility index (Phi) is 5.46. The molecule has 22 heavy (non-hydrogen) atoms. The van der Waals surface area contributed by atoms with E-state index in [1.54, 1.807) is 12.3 Å². The van der Waals surface area contributed by atoms with Crippen molar-refractivity contribution in [1.29, 1.82) is 0 Å². The monoisotopic (exact) mass is 309 g/mol. The highest BCUT2D eigenvalue weighted by atomic mass is 19.3. The molecule has 0 saturated carbocycles. The van der Waals surface area contributed by atoms with Crippen molar-refractivity contribution >= 4 is 5.91 Å². The first-order valence-electron chi connectivity index (χ1n) is 6.94. The molecule has 0 radical (unpaired) electrons. The largest absolute Gasteiger partial charge is 0.434 e. The van der Waals surface area contributed by atoms with Gasteiger partial charge in [0.25, 0.3) is 5.91 Å². The first-order chi connectivity index (χ1) is 10.6. The predicted octanol–water partition coefficient (Wildman–Crippen LogP) is 2.48. The summed E-state index contributed by atoms with van der Waals surface area (Å²) in [6.45, 7) is -0.0418. The molecule has 0 atom stereocenters. The van der Waals surface area contributed by atoms with Crippen LogP contribution < -0.4 is 10.1 Å². The molecule has 1 aromatic carbocycles. The van der Waals surface area contributed by atoms with E-state index in [9.17, 15) is 13.6 Å². The summed E-state index contributed by atoms with van der Waals surface area (Å²) in [5, 5.41) is 2.69. The molecule has 0 spiro atoms. The van der Waals surface area contributed by atoms with Gasteiger partial charge in [-0.1, -0.05) is 19.1 Å². The van der Waals surface area contributed by atoms with Crippen LogP contribution in [0, 0.1) is 0 Å². The Balaban J connectivity index is 1.95. The number of nitrogens with zero attached hydrogens (tertiary/aromatic N) is 2. The highest BCUT2D eigenvalue weighted by molar-refractivity contribution is 5.96. The molecular formula is C15H17F2N3O2. The number of carbonyl (C=O) groups excluding carboxylic acids is 1. The van der Waals surface area contributed by atoms with Crippen LogP contribution in [-0.2, 0) is 13.0 Å². The summed E-state index contributed by atoms with van der Waals surface area (Å²) in [7, 11) is 0. The van der Waals surface area contributed by atoms with Gasteiger partial charge in [0, 0.05) is 31.9 Å². The molecule has 1 heterocycles. The SMILES string of the molecule is CCc1nccn1CCNC(=O)c1ccccc1OC(F)F. The van der Waals surface area contributed by atoms with E-state index >= 15 is 0 Å². The van der Waals surface area contributed by atoms with Crippen LogP contribution in [-0.4, -0.2) is 28.6 Å². The maximum Gasteiger partial charge on any atom is 0.387 e. The molecule has 2 aromatic rings. The molecule has 0 unspecified atom stereocenters. The standard InChI is InChI=1S/C15H17F2N3O2/c1-2-13-18-7-9-20(13)10-8-19-14(21)11-5-3-4-6-12(11)22-15(16)17/h3-7,9,15H,2,8,10H2,1H3,(H,19,21). The van der Waals surface area contributed by atoms with Crippen LogP contribution in [0.1, 0.15) is 23.1 Å². The van der Waals surface area contributed by atoms with Crippen molar-refractivity contribution in [3.05, 3.63) is 48.0 Å². The average Bonchev–Trinajstić information content (AvgIpc) is 2.94. The van der Waals surface area contributed by atoms with Crippen LogP contribution >= 0.6 is 0 Å². The normalized spacial score (nSPS) is 10.7. The fourth-order valence-electron chi connectivity index (χ4n) is 2.10. The number of rotatable bonds is 7. The third-order valence-electron chi connectivity index (χ3n) is 3.10. The molecule has 0 aliphatic heterocycles. The van der Waals surface area contributed by atoms with Crippen molar-refractivity contribution in [1.82, 2.24) is 14.9 Å². The quantitative estimate of drug-likeness (QED) is 0.855. The number of benzene rings is 1. The van der Waals surface area contributed by atoms with Gasteiger partial charge in [-0.2, -0.15) is 8.78 Å². The molecule has 0 aliphatic carbocycles. The molecular weight excluding hydrogens is 292 g/mol. The number of para-hydroxylation sites is 1. The van der Waals surface area contributed by atoms with Crippen molar-refractivity contribution < 1.29 is 18.3 Å². The van der Waals surface area contributed by atoms with E-state index < -0.39 is 12.5 Å². The Labute approximate surface area is 126 Å². The molecule has 118 valence electrons. The Bertz CT molecular complexity index is 629. The second-order valence-electron chi connectivity index (χ2n) is 4.52. The summed E-state index contributed by atoms with van der Waals surface area (Å²) in [6, 6.07) is 5.92. The maximum atomic E-state index is 12.3. The number of ether oxygens (including phenoxy) is 1. The topological polar surface area (TPSA) is 56.2 Å². The lowest BCUT2D eigenvalue weighted by Gasteiger charge is -2.11. The van der Waals surface area contributed by atoms with Gasteiger partial charge in [-0.3, -0.25) is 4.79 Å². The third-order valence-corrected chi connectivity index (χ3v) is 3.10. The maximum absolute atomic E-state index is 12.3. The van der Waals surface area contributed by atoms with Crippen LogP contribution in [0.5, 0.6) is 5.75 Å². The molecule has 1 amide bonds. The predicted molar refractivity (Wildman–Crippen MR) is 77.0 cm³/mol. The van der Waals surface area contributed by atoms with Gasteiger partial charge in [-0.25, -0.2) is 4.98 Å². The lowest BCUT2D eigenvalue weighted by Crippen LogP contribution is -2.28. The van der Waals surface area contributed by atoms with E-state index in [1.165, 1.54) is 18.2 Å². The van der Waals surface area contributed by atoms with Gasteiger partial charge in [-0.05, 0) is 12.1 Å². The fourth-order valence-corrected chi connectivity index (χ4v) is 2.10. The van der Waals surface area contributed by atoms with E-state index in [0.717, 1.165) is 12.2 Å². The van der Waals surface area contributed by atoms with Crippen LogP contribution in [0.2, 0.25) is 0 Å². The number of nitrogens with one attached hydrogen (secondary N) is 1. The molecule has 0 fully saturated rings. The Morgan fingerprint density at radius 1 is 1.41 bits per heavy atom. The second-order valence-corrected chi connectivity index (χ2v) is 4.52. The molecule has 0 aliphatic rings. The van der Waals surface area contributed by atoms with Gasteiger partial charge in [0.05, 0.1) is 5.56 Å². The summed E-state index contributed by atoms with van der Waals surface area (Å²) >= 11 is 0. The highest BCUT2D eigenvalue weighted by Gasteiger charge is 2.14. The molecule has 2 rings (SSSR count). The fraction of sp³-hybridized carbons (Fsp3) is 0.333. The minimum atomic E-state index is -2.97. The van der Waals surface area contributed by atoms with Crippen LogP contribution in [0.15, 0.2) is 36.7 Å². The summed E-state index contributed by atoms with van der Waals surface area (Å²) < 4.78 is 30.9. The third kappa shape index (κ3) is 4.03. The number of hydrogen-bond donors (Lipinski definition) is 1. The van der Waals surface area contributed by atoms with E-state index in [0.29, 0.717) is 13.1 Å². The van der Waals surface area contributed by atoms with E-state index in [4.69, 9.17) is 0 Å². The summed E-state index contributed by atoms with van der Waals surface area (Å²) in [6.07, 6.45) is 4.33. The smallest absolute Gasteiger partial charge is 0.387 e. The van der Waals surface area contributed by atoms with Crippen LogP contribution in [0.25, 0.3) is 0 Å². The second kappa shape index (κ2) is 7.53. The van der Waals surface area contributed by atoms with Gasteiger partial charge >= 0.3 is 6.61 Å². The molecule has 7 heteroatoms. The van der Waals surface area contributed by atoms with Gasteiger partial charge in [0.2, 0.25) is 0 Å². The zero-order valence-electron chi connectivity index (χ0n) is 12.1.